The number of amides is 1. The third kappa shape index (κ3) is 2.65. The van der Waals surface area contributed by atoms with Gasteiger partial charge >= 0.3 is 0 Å². The fraction of sp³-hybridized carbons (Fsp3) is 0.333. The van der Waals surface area contributed by atoms with Crippen LogP contribution in [-0.2, 0) is 4.79 Å². The Balaban J connectivity index is 1.96. The van der Waals surface area contributed by atoms with Crippen LogP contribution in [0.1, 0.15) is 22.7 Å². The molecule has 1 saturated heterocycles. The molecule has 0 bridgehead atoms. The molecular weight excluding hydrogens is 304 g/mol. The number of hydrogen-bond donors (Lipinski definition) is 0. The zero-order valence-corrected chi connectivity index (χ0v) is 13.7. The summed E-state index contributed by atoms with van der Waals surface area (Å²) in [4.78, 5) is 19.8. The van der Waals surface area contributed by atoms with Gasteiger partial charge in [-0.25, -0.2) is 4.98 Å². The number of ether oxygens (including phenoxy) is 1. The van der Waals surface area contributed by atoms with Crippen LogP contribution in [0.25, 0.3) is 0 Å². The lowest BCUT2D eigenvalue weighted by molar-refractivity contribution is -0.117. The molecule has 0 saturated carbocycles. The quantitative estimate of drug-likeness (QED) is 0.866. The minimum absolute atomic E-state index is 0.0241. The predicted octanol–water partition coefficient (Wildman–Crippen LogP) is 3.63. The molecule has 21 heavy (non-hydrogen) atoms. The third-order valence-corrected chi connectivity index (χ3v) is 5.63. The first-order chi connectivity index (χ1) is 10.1. The first kappa shape index (κ1) is 14.4. The van der Waals surface area contributed by atoms with E-state index in [0.717, 1.165) is 21.3 Å². The number of thiazole rings is 1. The maximum Gasteiger partial charge on any atom is 0.242 e. The number of methoxy groups -OCH3 is 1. The summed E-state index contributed by atoms with van der Waals surface area (Å²) >= 11 is 3.21. The molecule has 0 N–H and O–H groups in total. The summed E-state index contributed by atoms with van der Waals surface area (Å²) in [7, 11) is 1.65. The predicted molar refractivity (Wildman–Crippen MR) is 87.1 cm³/mol. The van der Waals surface area contributed by atoms with Crippen LogP contribution in [0.3, 0.4) is 0 Å². The van der Waals surface area contributed by atoms with Crippen molar-refractivity contribution >= 4 is 34.1 Å². The molecule has 0 spiro atoms. The zero-order valence-electron chi connectivity index (χ0n) is 12.1. The number of nitrogens with zero attached hydrogens (tertiary/aromatic N) is 2. The van der Waals surface area contributed by atoms with E-state index < -0.39 is 0 Å². The molecule has 3 rings (SSSR count). The van der Waals surface area contributed by atoms with Crippen LogP contribution in [0.4, 0.5) is 5.13 Å². The fourth-order valence-electron chi connectivity index (χ4n) is 2.27. The van der Waals surface area contributed by atoms with Crippen molar-refractivity contribution in [1.29, 1.82) is 0 Å². The molecule has 1 fully saturated rings. The van der Waals surface area contributed by atoms with E-state index in [-0.39, 0.29) is 16.5 Å². The molecule has 2 heterocycles. The van der Waals surface area contributed by atoms with Crippen LogP contribution < -0.4 is 9.64 Å². The van der Waals surface area contributed by atoms with Gasteiger partial charge in [-0.15, -0.1) is 23.1 Å². The highest BCUT2D eigenvalue weighted by molar-refractivity contribution is 8.01. The highest BCUT2D eigenvalue weighted by atomic mass is 32.2. The van der Waals surface area contributed by atoms with Crippen LogP contribution in [0.2, 0.25) is 0 Å². The second-order valence-electron chi connectivity index (χ2n) is 4.87. The van der Waals surface area contributed by atoms with Gasteiger partial charge in [-0.1, -0.05) is 12.1 Å². The number of carbonyl (C=O) groups is 1. The van der Waals surface area contributed by atoms with Crippen molar-refractivity contribution in [2.24, 2.45) is 0 Å². The molecule has 0 aliphatic carbocycles. The maximum absolute atomic E-state index is 12.5. The smallest absolute Gasteiger partial charge is 0.242 e. The average molecular weight is 320 g/mol. The van der Waals surface area contributed by atoms with Crippen molar-refractivity contribution in [3.63, 3.8) is 0 Å². The maximum atomic E-state index is 12.5. The molecule has 0 unspecified atom stereocenters. The Kier molecular flexibility index (Phi) is 3.91. The average Bonchev–Trinajstić information content (AvgIpc) is 3.04. The normalized spacial score (nSPS) is 21.9. The SMILES string of the molecule is COc1ccc([C@@H]2S[C@@H](C)C(=O)N2c2ncc(C)s2)cc1. The highest BCUT2D eigenvalue weighted by Crippen LogP contribution is 2.46. The molecule has 6 heteroatoms. The second kappa shape index (κ2) is 5.69. The van der Waals surface area contributed by atoms with E-state index in [2.05, 4.69) is 4.98 Å². The summed E-state index contributed by atoms with van der Waals surface area (Å²) in [6, 6.07) is 7.87. The van der Waals surface area contributed by atoms with Crippen LogP contribution in [0.15, 0.2) is 30.5 Å². The lowest BCUT2D eigenvalue weighted by Gasteiger charge is -2.21. The Morgan fingerprint density at radius 3 is 2.57 bits per heavy atom. The van der Waals surface area contributed by atoms with Crippen LogP contribution >= 0.6 is 23.1 Å². The summed E-state index contributed by atoms with van der Waals surface area (Å²) in [6.45, 7) is 3.95. The number of aryl methyl sites for hydroxylation is 1. The van der Waals surface area contributed by atoms with E-state index in [9.17, 15) is 4.79 Å². The number of rotatable bonds is 3. The van der Waals surface area contributed by atoms with Crippen molar-refractivity contribution < 1.29 is 9.53 Å². The van der Waals surface area contributed by atoms with Crippen molar-refractivity contribution in [3.05, 3.63) is 40.9 Å². The standard InChI is InChI=1S/C15H16N2O2S2/c1-9-8-16-15(20-9)17-13(18)10(2)21-14(17)11-4-6-12(19-3)7-5-11/h4-8,10,14H,1-3H3/t10-,14-/m0/s1. The fourth-order valence-corrected chi connectivity index (χ4v) is 4.38. The molecule has 2 atom stereocenters. The molecule has 4 nitrogen and oxygen atoms in total. The number of aromatic nitrogens is 1. The molecule has 1 amide bonds. The van der Waals surface area contributed by atoms with Crippen molar-refractivity contribution in [2.45, 2.75) is 24.5 Å². The number of thioether (sulfide) groups is 1. The van der Waals surface area contributed by atoms with Gasteiger partial charge in [0, 0.05) is 11.1 Å². The zero-order chi connectivity index (χ0) is 15.0. The summed E-state index contributed by atoms with van der Waals surface area (Å²) < 4.78 is 5.19. The first-order valence-corrected chi connectivity index (χ1v) is 8.41. The topological polar surface area (TPSA) is 42.4 Å². The van der Waals surface area contributed by atoms with Gasteiger partial charge in [0.1, 0.15) is 11.1 Å². The van der Waals surface area contributed by atoms with Crippen molar-refractivity contribution in [3.8, 4) is 5.75 Å². The summed E-state index contributed by atoms with van der Waals surface area (Å²) in [6.07, 6.45) is 1.81. The molecule has 1 aliphatic rings. The monoisotopic (exact) mass is 320 g/mol. The van der Waals surface area contributed by atoms with Crippen LogP contribution in [0, 0.1) is 6.92 Å². The van der Waals surface area contributed by atoms with Crippen LogP contribution in [-0.4, -0.2) is 23.3 Å². The van der Waals surface area contributed by atoms with Gasteiger partial charge in [0.15, 0.2) is 5.13 Å². The van der Waals surface area contributed by atoms with E-state index in [4.69, 9.17) is 4.74 Å². The van der Waals surface area contributed by atoms with E-state index in [1.54, 1.807) is 30.2 Å². The lowest BCUT2D eigenvalue weighted by atomic mass is 10.2. The molecular formula is C15H16N2O2S2. The Morgan fingerprint density at radius 1 is 1.29 bits per heavy atom. The molecule has 1 aliphatic heterocycles. The van der Waals surface area contributed by atoms with Crippen molar-refractivity contribution in [2.75, 3.05) is 12.0 Å². The summed E-state index contributed by atoms with van der Waals surface area (Å²) in [5.41, 5.74) is 1.09. The Bertz CT molecular complexity index is 654. The number of carbonyl (C=O) groups excluding carboxylic acids is 1. The molecule has 0 radical (unpaired) electrons. The summed E-state index contributed by atoms with van der Waals surface area (Å²) in [5.74, 6) is 0.938. The van der Waals surface area contributed by atoms with Gasteiger partial charge in [0.25, 0.3) is 0 Å². The Hall–Kier alpha value is -1.53. The van der Waals surface area contributed by atoms with Gasteiger partial charge in [0.2, 0.25) is 5.91 Å². The molecule has 1 aromatic carbocycles. The molecule has 110 valence electrons. The Labute approximate surface area is 132 Å². The lowest BCUT2D eigenvalue weighted by Crippen LogP contribution is -2.29. The van der Waals surface area contributed by atoms with Gasteiger partial charge in [-0.05, 0) is 31.5 Å². The van der Waals surface area contributed by atoms with E-state index in [1.165, 1.54) is 0 Å². The number of hydrogen-bond acceptors (Lipinski definition) is 5. The largest absolute Gasteiger partial charge is 0.497 e. The first-order valence-electron chi connectivity index (χ1n) is 6.65. The van der Waals surface area contributed by atoms with E-state index in [0.29, 0.717) is 0 Å². The minimum Gasteiger partial charge on any atom is -0.497 e. The van der Waals surface area contributed by atoms with Crippen molar-refractivity contribution in [1.82, 2.24) is 4.98 Å². The van der Waals surface area contributed by atoms with E-state index in [1.807, 2.05) is 49.2 Å². The number of anilines is 1. The Morgan fingerprint density at radius 2 is 2.00 bits per heavy atom. The minimum atomic E-state index is -0.0543. The molecule has 1 aromatic heterocycles. The van der Waals surface area contributed by atoms with Gasteiger partial charge < -0.3 is 4.74 Å². The van der Waals surface area contributed by atoms with Crippen LogP contribution in [0.5, 0.6) is 5.75 Å². The highest BCUT2D eigenvalue weighted by Gasteiger charge is 2.40. The third-order valence-electron chi connectivity index (χ3n) is 3.37. The van der Waals surface area contributed by atoms with Gasteiger partial charge in [-0.3, -0.25) is 9.69 Å². The van der Waals surface area contributed by atoms with Gasteiger partial charge in [-0.2, -0.15) is 0 Å². The second-order valence-corrected chi connectivity index (χ2v) is 7.50. The van der Waals surface area contributed by atoms with E-state index >= 15 is 0 Å². The number of benzene rings is 1. The molecule has 2 aromatic rings. The van der Waals surface area contributed by atoms with Gasteiger partial charge in [0.05, 0.1) is 12.4 Å². The summed E-state index contributed by atoms with van der Waals surface area (Å²) in [5, 5.41) is 0.695.